The van der Waals surface area contributed by atoms with Crippen molar-refractivity contribution in [2.45, 2.75) is 44.4 Å². The highest BCUT2D eigenvalue weighted by Gasteiger charge is 2.35. The van der Waals surface area contributed by atoms with Crippen LogP contribution >= 0.6 is 11.6 Å². The van der Waals surface area contributed by atoms with Gasteiger partial charge in [-0.1, -0.05) is 30.7 Å². The molecule has 0 fully saturated rings. The van der Waals surface area contributed by atoms with Crippen molar-refractivity contribution >= 4 is 17.5 Å². The van der Waals surface area contributed by atoms with E-state index in [0.717, 1.165) is 17.5 Å². The maximum Gasteiger partial charge on any atom is 0.433 e. The number of hydrogen-bond donors (Lipinski definition) is 1. The normalized spacial score (nSPS) is 13.4. The van der Waals surface area contributed by atoms with Crippen molar-refractivity contribution in [1.29, 1.82) is 5.26 Å². The molecule has 7 nitrogen and oxygen atoms in total. The molecule has 0 aliphatic rings. The van der Waals surface area contributed by atoms with Crippen molar-refractivity contribution in [3.63, 3.8) is 0 Å². The quantitative estimate of drug-likeness (QED) is 0.436. The highest BCUT2D eigenvalue weighted by Crippen LogP contribution is 2.33. The van der Waals surface area contributed by atoms with Crippen LogP contribution < -0.4 is 10.1 Å². The Morgan fingerprint density at radius 2 is 1.83 bits per heavy atom. The van der Waals surface area contributed by atoms with Gasteiger partial charge < -0.3 is 10.1 Å². The van der Waals surface area contributed by atoms with Crippen LogP contribution in [-0.4, -0.2) is 33.0 Å². The molecular formula is C25H23ClF3N5O2. The molecule has 0 aliphatic carbocycles. The zero-order chi connectivity index (χ0) is 26.5. The van der Waals surface area contributed by atoms with E-state index < -0.39 is 23.4 Å². The number of rotatable bonds is 8. The molecule has 3 aromatic rings. The third-order valence-corrected chi connectivity index (χ3v) is 5.89. The van der Waals surface area contributed by atoms with Crippen molar-refractivity contribution in [2.24, 2.45) is 0 Å². The third kappa shape index (κ3) is 6.70. The van der Waals surface area contributed by atoms with Gasteiger partial charge in [-0.2, -0.15) is 18.4 Å². The lowest BCUT2D eigenvalue weighted by Gasteiger charge is -2.29. The van der Waals surface area contributed by atoms with Gasteiger partial charge >= 0.3 is 6.18 Å². The van der Waals surface area contributed by atoms with E-state index in [1.54, 1.807) is 24.4 Å². The Hall–Kier alpha value is -3.71. The Labute approximate surface area is 211 Å². The minimum Gasteiger partial charge on any atom is -0.461 e. The van der Waals surface area contributed by atoms with Crippen LogP contribution in [0.2, 0.25) is 5.02 Å². The van der Waals surface area contributed by atoms with Gasteiger partial charge in [0, 0.05) is 35.9 Å². The number of amides is 1. The Kier molecular flexibility index (Phi) is 8.15. The van der Waals surface area contributed by atoms with E-state index in [2.05, 4.69) is 26.3 Å². The first-order valence-electron chi connectivity index (χ1n) is 10.9. The van der Waals surface area contributed by atoms with Crippen LogP contribution in [0.5, 0.6) is 5.88 Å². The van der Waals surface area contributed by atoms with Crippen LogP contribution in [0.3, 0.4) is 0 Å². The Morgan fingerprint density at radius 1 is 1.14 bits per heavy atom. The minimum absolute atomic E-state index is 0.112. The van der Waals surface area contributed by atoms with Gasteiger partial charge in [0.15, 0.2) is 11.3 Å². The van der Waals surface area contributed by atoms with Crippen molar-refractivity contribution in [3.05, 3.63) is 82.5 Å². The van der Waals surface area contributed by atoms with E-state index in [1.165, 1.54) is 20.0 Å². The summed E-state index contributed by atoms with van der Waals surface area (Å²) < 4.78 is 44.4. The molecule has 0 aliphatic heterocycles. The summed E-state index contributed by atoms with van der Waals surface area (Å²) in [5.74, 6) is -1.34. The smallest absolute Gasteiger partial charge is 0.433 e. The summed E-state index contributed by atoms with van der Waals surface area (Å²) in [5, 5.41) is 12.7. The second-order valence-corrected chi connectivity index (χ2v) is 9.06. The number of carbonyl (C=O) groups is 1. The number of hydrogen-bond acceptors (Lipinski definition) is 6. The maximum atomic E-state index is 13.0. The first-order chi connectivity index (χ1) is 16.9. The average Bonchev–Trinajstić information content (AvgIpc) is 2.84. The highest BCUT2D eigenvalue weighted by molar-refractivity contribution is 6.30. The Bertz CT molecular complexity index is 1260. The van der Waals surface area contributed by atoms with Crippen molar-refractivity contribution in [1.82, 2.24) is 20.3 Å². The van der Waals surface area contributed by atoms with Gasteiger partial charge in [0.2, 0.25) is 5.88 Å². The molecule has 3 rings (SSSR count). The molecule has 1 amide bonds. The molecule has 0 bridgehead atoms. The van der Waals surface area contributed by atoms with Gasteiger partial charge in [-0.15, -0.1) is 0 Å². The first kappa shape index (κ1) is 26.9. The van der Waals surface area contributed by atoms with Gasteiger partial charge in [0.1, 0.15) is 12.4 Å². The fraction of sp³-hybridized carbons (Fsp3) is 0.320. The first-order valence-corrected chi connectivity index (χ1v) is 11.3. The number of alkyl halides is 3. The lowest BCUT2D eigenvalue weighted by atomic mass is 9.82. The maximum absolute atomic E-state index is 13.0. The number of ether oxygens (including phenoxy) is 1. The van der Waals surface area contributed by atoms with Gasteiger partial charge in [-0.25, -0.2) is 9.97 Å². The minimum atomic E-state index is -4.68. The molecule has 36 heavy (non-hydrogen) atoms. The number of nitriles is 1. The van der Waals surface area contributed by atoms with E-state index in [-0.39, 0.29) is 24.3 Å². The molecule has 0 saturated carbocycles. The third-order valence-electron chi connectivity index (χ3n) is 5.64. The molecule has 2 aromatic heterocycles. The molecule has 2 heterocycles. The van der Waals surface area contributed by atoms with E-state index in [4.69, 9.17) is 16.3 Å². The topological polar surface area (TPSA) is 101 Å². The van der Waals surface area contributed by atoms with Crippen LogP contribution in [-0.2, 0) is 11.0 Å². The summed E-state index contributed by atoms with van der Waals surface area (Å²) in [6.45, 7) is 4.96. The zero-order valence-electron chi connectivity index (χ0n) is 19.7. The molecular weight excluding hydrogens is 495 g/mol. The van der Waals surface area contributed by atoms with Gasteiger partial charge in [-0.05, 0) is 49.1 Å². The summed E-state index contributed by atoms with van der Waals surface area (Å²) in [6.07, 6.45) is -0.874. The van der Waals surface area contributed by atoms with Crippen LogP contribution in [0.25, 0.3) is 0 Å². The van der Waals surface area contributed by atoms with E-state index >= 15 is 0 Å². The molecule has 188 valence electrons. The van der Waals surface area contributed by atoms with Gasteiger partial charge in [-0.3, -0.25) is 9.78 Å². The monoisotopic (exact) mass is 517 g/mol. The van der Waals surface area contributed by atoms with Crippen LogP contribution in [0.1, 0.15) is 55.0 Å². The highest BCUT2D eigenvalue weighted by atomic mass is 35.5. The molecule has 11 heteroatoms. The van der Waals surface area contributed by atoms with Crippen molar-refractivity contribution < 1.29 is 22.7 Å². The second-order valence-electron chi connectivity index (χ2n) is 8.63. The average molecular weight is 518 g/mol. The molecule has 0 spiro atoms. The fourth-order valence-electron chi connectivity index (χ4n) is 3.58. The van der Waals surface area contributed by atoms with Gasteiger partial charge in [0.25, 0.3) is 5.91 Å². The van der Waals surface area contributed by atoms with Gasteiger partial charge in [0.05, 0.1) is 5.56 Å². The summed E-state index contributed by atoms with van der Waals surface area (Å²) in [4.78, 5) is 24.1. The van der Waals surface area contributed by atoms with Crippen molar-refractivity contribution in [2.75, 3.05) is 6.54 Å². The number of aromatic nitrogens is 3. The molecule has 2 unspecified atom stereocenters. The van der Waals surface area contributed by atoms with E-state index in [1.807, 2.05) is 19.1 Å². The van der Waals surface area contributed by atoms with Crippen LogP contribution in [0.4, 0.5) is 13.2 Å². The number of halogens is 4. The number of nitrogens with one attached hydrogen (secondary N) is 1. The van der Waals surface area contributed by atoms with Crippen molar-refractivity contribution in [3.8, 4) is 11.9 Å². The standard InChI is InChI=1S/C25H23ClF3N5O2/c1-15(17-4-6-19(26)7-5-17)20(18-8-16(10-30)11-31-12-18)13-32-23(35)24(2,3)36-22-9-21(25(27,28)29)33-14-34-22/h4-9,11-12,14-15,20H,13H2,1-3H3,(H,32,35). The summed E-state index contributed by atoms with van der Waals surface area (Å²) >= 11 is 6.02. The Morgan fingerprint density at radius 3 is 2.47 bits per heavy atom. The summed E-state index contributed by atoms with van der Waals surface area (Å²) in [6, 6.07) is 11.7. The molecule has 1 N–H and O–H groups in total. The number of pyridine rings is 1. The number of carbonyl (C=O) groups excluding carboxylic acids is 1. The number of benzene rings is 1. The fourth-order valence-corrected chi connectivity index (χ4v) is 3.70. The zero-order valence-corrected chi connectivity index (χ0v) is 20.4. The summed E-state index contributed by atoms with van der Waals surface area (Å²) in [5.41, 5.74) is -0.651. The van der Waals surface area contributed by atoms with E-state index in [9.17, 15) is 23.2 Å². The number of nitrogens with zero attached hydrogens (tertiary/aromatic N) is 4. The SMILES string of the molecule is CC(c1ccc(Cl)cc1)C(CNC(=O)C(C)(C)Oc1cc(C(F)(F)F)ncn1)c1cncc(C#N)c1. The predicted molar refractivity (Wildman–Crippen MR) is 126 cm³/mol. The predicted octanol–water partition coefficient (Wildman–Crippen LogP) is 5.28. The molecule has 2 atom stereocenters. The summed E-state index contributed by atoms with van der Waals surface area (Å²) in [7, 11) is 0. The lowest BCUT2D eigenvalue weighted by molar-refractivity contribution is -0.141. The van der Waals surface area contributed by atoms with E-state index in [0.29, 0.717) is 16.7 Å². The Balaban J connectivity index is 1.80. The molecule has 0 radical (unpaired) electrons. The molecule has 0 saturated heterocycles. The second kappa shape index (κ2) is 10.9. The molecule has 1 aromatic carbocycles. The lowest BCUT2D eigenvalue weighted by Crippen LogP contribution is -2.48. The largest absolute Gasteiger partial charge is 0.461 e. The van der Waals surface area contributed by atoms with Crippen LogP contribution in [0.15, 0.2) is 55.1 Å². The van der Waals surface area contributed by atoms with Crippen LogP contribution in [0, 0.1) is 11.3 Å².